The van der Waals surface area contributed by atoms with E-state index in [9.17, 15) is 0 Å². The molecule has 1 aromatic rings. The monoisotopic (exact) mass is 252 g/mol. The Hall–Kier alpha value is -0.910. The number of aryl methyl sites for hydroxylation is 1. The molecule has 1 aliphatic heterocycles. The van der Waals surface area contributed by atoms with Gasteiger partial charge in [0.25, 0.3) is 0 Å². The lowest BCUT2D eigenvalue weighted by Gasteiger charge is -2.38. The number of ether oxygens (including phenoxy) is 1. The second-order valence-corrected chi connectivity index (χ2v) is 5.03. The maximum atomic E-state index is 5.62. The number of likely N-dealkylation sites (N-methyl/N-ethyl adjacent to an activating group) is 2. The Labute approximate surface area is 109 Å². The van der Waals surface area contributed by atoms with E-state index in [0.717, 1.165) is 32.7 Å². The van der Waals surface area contributed by atoms with Crippen molar-refractivity contribution in [2.24, 2.45) is 7.05 Å². The second kappa shape index (κ2) is 6.31. The normalized spacial score (nSPS) is 24.7. The van der Waals surface area contributed by atoms with E-state index in [1.165, 1.54) is 5.56 Å². The first-order valence-electron chi connectivity index (χ1n) is 6.69. The summed E-state index contributed by atoms with van der Waals surface area (Å²) >= 11 is 0. The van der Waals surface area contributed by atoms with Crippen molar-refractivity contribution in [2.75, 3.05) is 26.8 Å². The van der Waals surface area contributed by atoms with Crippen LogP contribution in [0.3, 0.4) is 0 Å². The van der Waals surface area contributed by atoms with E-state index in [-0.39, 0.29) is 0 Å². The summed E-state index contributed by atoms with van der Waals surface area (Å²) in [5, 5.41) is 7.78. The van der Waals surface area contributed by atoms with Gasteiger partial charge in [0.2, 0.25) is 0 Å². The van der Waals surface area contributed by atoms with Gasteiger partial charge in [-0.1, -0.05) is 6.92 Å². The van der Waals surface area contributed by atoms with Crippen LogP contribution < -0.4 is 5.32 Å². The number of rotatable bonds is 5. The van der Waals surface area contributed by atoms with Crippen molar-refractivity contribution in [2.45, 2.75) is 32.0 Å². The Morgan fingerprint density at radius 1 is 1.61 bits per heavy atom. The topological polar surface area (TPSA) is 42.3 Å². The lowest BCUT2D eigenvalue weighted by Crippen LogP contribution is -2.53. The van der Waals surface area contributed by atoms with Gasteiger partial charge in [0.05, 0.1) is 12.8 Å². The molecule has 0 amide bonds. The van der Waals surface area contributed by atoms with Gasteiger partial charge in [0.15, 0.2) is 0 Å². The van der Waals surface area contributed by atoms with E-state index < -0.39 is 0 Å². The predicted molar refractivity (Wildman–Crippen MR) is 71.4 cm³/mol. The molecule has 102 valence electrons. The first-order valence-corrected chi connectivity index (χ1v) is 6.69. The smallest absolute Gasteiger partial charge is 0.0637 e. The number of nitrogens with zero attached hydrogens (tertiary/aromatic N) is 3. The molecule has 0 saturated carbocycles. The fourth-order valence-corrected chi connectivity index (χ4v) is 2.62. The van der Waals surface area contributed by atoms with Gasteiger partial charge in [-0.2, -0.15) is 5.10 Å². The molecule has 2 atom stereocenters. The van der Waals surface area contributed by atoms with Crippen LogP contribution in [0.5, 0.6) is 0 Å². The van der Waals surface area contributed by atoms with Crippen LogP contribution in [0, 0.1) is 0 Å². The summed E-state index contributed by atoms with van der Waals surface area (Å²) in [7, 11) is 4.12. The molecule has 0 aliphatic carbocycles. The first kappa shape index (κ1) is 13.5. The van der Waals surface area contributed by atoms with Crippen molar-refractivity contribution in [3.05, 3.63) is 18.0 Å². The molecule has 1 aromatic heterocycles. The maximum absolute atomic E-state index is 5.62. The molecule has 2 unspecified atom stereocenters. The third-order valence-corrected chi connectivity index (χ3v) is 3.55. The SMILES string of the molecule is CCNC1CCOCC1N(C)Cc1cnn(C)c1. The van der Waals surface area contributed by atoms with Crippen LogP contribution in [0.2, 0.25) is 0 Å². The summed E-state index contributed by atoms with van der Waals surface area (Å²) in [5.41, 5.74) is 1.25. The maximum Gasteiger partial charge on any atom is 0.0637 e. The van der Waals surface area contributed by atoms with Gasteiger partial charge < -0.3 is 10.1 Å². The molecule has 1 aliphatic rings. The lowest BCUT2D eigenvalue weighted by atomic mass is 10.0. The number of hydrogen-bond donors (Lipinski definition) is 1. The molecule has 1 fully saturated rings. The standard InChI is InChI=1S/C13H24N4O/c1-4-14-12-5-6-18-10-13(12)16(2)8-11-7-15-17(3)9-11/h7,9,12-14H,4-6,8,10H2,1-3H3. The van der Waals surface area contributed by atoms with Crippen LogP contribution in [0.25, 0.3) is 0 Å². The van der Waals surface area contributed by atoms with E-state index in [1.807, 2.05) is 17.9 Å². The molecule has 2 heterocycles. The van der Waals surface area contributed by atoms with Crippen molar-refractivity contribution in [1.29, 1.82) is 0 Å². The fraction of sp³-hybridized carbons (Fsp3) is 0.769. The minimum Gasteiger partial charge on any atom is -0.380 e. The lowest BCUT2D eigenvalue weighted by molar-refractivity contribution is 0.00384. The summed E-state index contributed by atoms with van der Waals surface area (Å²) in [6.45, 7) is 5.78. The predicted octanol–water partition coefficient (Wildman–Crippen LogP) is 0.619. The second-order valence-electron chi connectivity index (χ2n) is 5.03. The number of aromatic nitrogens is 2. The average molecular weight is 252 g/mol. The van der Waals surface area contributed by atoms with Gasteiger partial charge >= 0.3 is 0 Å². The molecular weight excluding hydrogens is 228 g/mol. The van der Waals surface area contributed by atoms with Crippen molar-refractivity contribution in [3.8, 4) is 0 Å². The van der Waals surface area contributed by atoms with Crippen molar-refractivity contribution >= 4 is 0 Å². The largest absolute Gasteiger partial charge is 0.380 e. The third kappa shape index (κ3) is 3.31. The minimum absolute atomic E-state index is 0.443. The molecule has 0 spiro atoms. The average Bonchev–Trinajstić information content (AvgIpc) is 2.76. The first-order chi connectivity index (χ1) is 8.70. The molecule has 5 heteroatoms. The summed E-state index contributed by atoms with van der Waals surface area (Å²) in [6.07, 6.45) is 5.10. The molecule has 18 heavy (non-hydrogen) atoms. The van der Waals surface area contributed by atoms with Gasteiger partial charge in [0, 0.05) is 44.0 Å². The van der Waals surface area contributed by atoms with Gasteiger partial charge in [-0.15, -0.1) is 0 Å². The van der Waals surface area contributed by atoms with E-state index in [0.29, 0.717) is 12.1 Å². The summed E-state index contributed by atoms with van der Waals surface area (Å²) in [5.74, 6) is 0. The Kier molecular flexibility index (Phi) is 4.74. The Morgan fingerprint density at radius 2 is 2.44 bits per heavy atom. The zero-order chi connectivity index (χ0) is 13.0. The zero-order valence-electron chi connectivity index (χ0n) is 11.6. The van der Waals surface area contributed by atoms with Crippen LogP contribution in [0.1, 0.15) is 18.9 Å². The highest BCUT2D eigenvalue weighted by atomic mass is 16.5. The molecule has 0 bridgehead atoms. The van der Waals surface area contributed by atoms with Gasteiger partial charge in [0.1, 0.15) is 0 Å². The van der Waals surface area contributed by atoms with Crippen molar-refractivity contribution < 1.29 is 4.74 Å². The molecule has 0 aromatic carbocycles. The quantitative estimate of drug-likeness (QED) is 0.834. The van der Waals surface area contributed by atoms with E-state index in [2.05, 4.69) is 35.5 Å². The molecule has 2 rings (SSSR count). The molecular formula is C13H24N4O. The summed E-state index contributed by atoms with van der Waals surface area (Å²) < 4.78 is 7.47. The minimum atomic E-state index is 0.443. The van der Waals surface area contributed by atoms with E-state index >= 15 is 0 Å². The van der Waals surface area contributed by atoms with E-state index in [1.54, 1.807) is 0 Å². The highest BCUT2D eigenvalue weighted by Gasteiger charge is 2.28. The highest BCUT2D eigenvalue weighted by molar-refractivity contribution is 5.04. The summed E-state index contributed by atoms with van der Waals surface area (Å²) in [6, 6.07) is 0.976. The van der Waals surface area contributed by atoms with E-state index in [4.69, 9.17) is 4.74 Å². The van der Waals surface area contributed by atoms with Crippen LogP contribution in [-0.2, 0) is 18.3 Å². The Balaban J connectivity index is 1.95. The Morgan fingerprint density at radius 3 is 3.11 bits per heavy atom. The van der Waals surface area contributed by atoms with Crippen LogP contribution >= 0.6 is 0 Å². The molecule has 5 nitrogen and oxygen atoms in total. The van der Waals surface area contributed by atoms with Gasteiger partial charge in [-0.25, -0.2) is 0 Å². The third-order valence-electron chi connectivity index (χ3n) is 3.55. The number of nitrogens with one attached hydrogen (secondary N) is 1. The molecule has 0 radical (unpaired) electrons. The van der Waals surface area contributed by atoms with Crippen molar-refractivity contribution in [3.63, 3.8) is 0 Å². The van der Waals surface area contributed by atoms with Gasteiger partial charge in [-0.05, 0) is 20.0 Å². The van der Waals surface area contributed by atoms with Gasteiger partial charge in [-0.3, -0.25) is 9.58 Å². The highest BCUT2D eigenvalue weighted by Crippen LogP contribution is 2.15. The Bertz CT molecular complexity index is 364. The van der Waals surface area contributed by atoms with Crippen LogP contribution in [-0.4, -0.2) is 53.6 Å². The van der Waals surface area contributed by atoms with Crippen molar-refractivity contribution in [1.82, 2.24) is 20.0 Å². The molecule has 1 saturated heterocycles. The number of hydrogen-bond acceptors (Lipinski definition) is 4. The molecule has 1 N–H and O–H groups in total. The fourth-order valence-electron chi connectivity index (χ4n) is 2.62. The summed E-state index contributed by atoms with van der Waals surface area (Å²) in [4.78, 5) is 2.36. The van der Waals surface area contributed by atoms with Crippen LogP contribution in [0.15, 0.2) is 12.4 Å². The van der Waals surface area contributed by atoms with Crippen LogP contribution in [0.4, 0.5) is 0 Å². The zero-order valence-corrected chi connectivity index (χ0v) is 11.6.